The summed E-state index contributed by atoms with van der Waals surface area (Å²) in [6.45, 7) is 12.5. The molecule has 1 aromatic carbocycles. The molecule has 5 heteroatoms. The lowest BCUT2D eigenvalue weighted by Gasteiger charge is -2.35. The lowest BCUT2D eigenvalue weighted by molar-refractivity contribution is -0.129. The van der Waals surface area contributed by atoms with Crippen molar-refractivity contribution < 1.29 is 9.53 Å². The standard InChI is InChI=1S/C22H33N3O2/c1-16(2)21(27-20-9-6-5-8-19(20)13-23)22(26)24-10-7-11-25-14-17(3)12-18(4)15-25/h5-6,8-9,16-18,21H,7,10-12,14-15H2,1-4H3,(H,24,26). The second kappa shape index (κ2) is 10.3. The molecule has 0 aliphatic carbocycles. The van der Waals surface area contributed by atoms with Crippen LogP contribution in [0.2, 0.25) is 0 Å². The second-order valence-corrected chi connectivity index (χ2v) is 8.24. The topological polar surface area (TPSA) is 65.4 Å². The van der Waals surface area contributed by atoms with Crippen LogP contribution in [0.4, 0.5) is 0 Å². The van der Waals surface area contributed by atoms with Crippen LogP contribution in [-0.2, 0) is 4.79 Å². The molecule has 5 nitrogen and oxygen atoms in total. The highest BCUT2D eigenvalue weighted by Crippen LogP contribution is 2.22. The zero-order chi connectivity index (χ0) is 19.8. The molecule has 3 atom stereocenters. The Bertz CT molecular complexity index is 643. The number of likely N-dealkylation sites (tertiary alicyclic amines) is 1. The predicted molar refractivity (Wildman–Crippen MR) is 107 cm³/mol. The van der Waals surface area contributed by atoms with Gasteiger partial charge in [0.2, 0.25) is 0 Å². The Morgan fingerprint density at radius 2 is 1.96 bits per heavy atom. The van der Waals surface area contributed by atoms with Crippen molar-refractivity contribution in [2.45, 2.75) is 46.6 Å². The van der Waals surface area contributed by atoms with Crippen LogP contribution in [0.15, 0.2) is 24.3 Å². The molecular formula is C22H33N3O2. The minimum Gasteiger partial charge on any atom is -0.479 e. The van der Waals surface area contributed by atoms with Crippen LogP contribution in [0.3, 0.4) is 0 Å². The van der Waals surface area contributed by atoms with E-state index < -0.39 is 6.10 Å². The van der Waals surface area contributed by atoms with E-state index in [-0.39, 0.29) is 11.8 Å². The summed E-state index contributed by atoms with van der Waals surface area (Å²) in [4.78, 5) is 15.1. The number of amides is 1. The van der Waals surface area contributed by atoms with Gasteiger partial charge >= 0.3 is 0 Å². The fourth-order valence-electron chi connectivity index (χ4n) is 3.88. The zero-order valence-corrected chi connectivity index (χ0v) is 17.1. The molecule has 0 aromatic heterocycles. The number of piperidine rings is 1. The maximum atomic E-state index is 12.6. The van der Waals surface area contributed by atoms with Gasteiger partial charge in [-0.2, -0.15) is 5.26 Å². The minimum absolute atomic E-state index is 0.0144. The number of carbonyl (C=O) groups is 1. The van der Waals surface area contributed by atoms with Crippen LogP contribution in [0, 0.1) is 29.1 Å². The number of para-hydroxylation sites is 1. The lowest BCUT2D eigenvalue weighted by atomic mass is 9.92. The molecule has 1 aliphatic rings. The number of nitrogens with zero attached hydrogens (tertiary/aromatic N) is 2. The van der Waals surface area contributed by atoms with Gasteiger partial charge in [-0.15, -0.1) is 0 Å². The van der Waals surface area contributed by atoms with Gasteiger partial charge in [0.05, 0.1) is 5.56 Å². The molecule has 0 bridgehead atoms. The van der Waals surface area contributed by atoms with Gasteiger partial charge in [0, 0.05) is 19.6 Å². The molecule has 2 rings (SSSR count). The first-order valence-electron chi connectivity index (χ1n) is 10.1. The molecular weight excluding hydrogens is 338 g/mol. The van der Waals surface area contributed by atoms with Gasteiger partial charge in [-0.3, -0.25) is 4.79 Å². The molecule has 27 heavy (non-hydrogen) atoms. The van der Waals surface area contributed by atoms with Gasteiger partial charge in [0.1, 0.15) is 11.8 Å². The number of benzene rings is 1. The van der Waals surface area contributed by atoms with E-state index in [0.29, 0.717) is 17.9 Å². The van der Waals surface area contributed by atoms with Crippen molar-refractivity contribution in [2.75, 3.05) is 26.2 Å². The van der Waals surface area contributed by atoms with Crippen LogP contribution >= 0.6 is 0 Å². The predicted octanol–water partition coefficient (Wildman–Crippen LogP) is 3.45. The van der Waals surface area contributed by atoms with Crippen LogP contribution in [0.25, 0.3) is 0 Å². The van der Waals surface area contributed by atoms with Crippen molar-refractivity contribution in [1.82, 2.24) is 10.2 Å². The first-order valence-corrected chi connectivity index (χ1v) is 10.1. The quantitative estimate of drug-likeness (QED) is 0.711. The number of nitriles is 1. The molecule has 1 heterocycles. The number of hydrogen-bond acceptors (Lipinski definition) is 4. The third-order valence-electron chi connectivity index (χ3n) is 5.02. The first kappa shape index (κ1) is 21.2. The van der Waals surface area contributed by atoms with Gasteiger partial charge in [-0.05, 0) is 49.3 Å². The highest BCUT2D eigenvalue weighted by Gasteiger charge is 2.25. The molecule has 1 N–H and O–H groups in total. The molecule has 1 aromatic rings. The summed E-state index contributed by atoms with van der Waals surface area (Å²) in [7, 11) is 0. The summed E-state index contributed by atoms with van der Waals surface area (Å²) >= 11 is 0. The molecule has 0 spiro atoms. The minimum atomic E-state index is -0.602. The number of ether oxygens (including phenoxy) is 1. The molecule has 0 radical (unpaired) electrons. The van der Waals surface area contributed by atoms with E-state index in [4.69, 9.17) is 4.74 Å². The van der Waals surface area contributed by atoms with Gasteiger partial charge < -0.3 is 15.0 Å². The van der Waals surface area contributed by atoms with Gasteiger partial charge in [-0.25, -0.2) is 0 Å². The van der Waals surface area contributed by atoms with Crippen LogP contribution < -0.4 is 10.1 Å². The largest absolute Gasteiger partial charge is 0.479 e. The van der Waals surface area contributed by atoms with Crippen molar-refractivity contribution >= 4 is 5.91 Å². The molecule has 1 amide bonds. The fourth-order valence-corrected chi connectivity index (χ4v) is 3.88. The number of hydrogen-bond donors (Lipinski definition) is 1. The molecule has 1 aliphatic heterocycles. The summed E-state index contributed by atoms with van der Waals surface area (Å²) in [6, 6.07) is 9.15. The van der Waals surface area contributed by atoms with Gasteiger partial charge in [-0.1, -0.05) is 39.8 Å². The second-order valence-electron chi connectivity index (χ2n) is 8.24. The Morgan fingerprint density at radius 1 is 1.30 bits per heavy atom. The van der Waals surface area contributed by atoms with Gasteiger partial charge in [0.25, 0.3) is 5.91 Å². The third-order valence-corrected chi connectivity index (χ3v) is 5.02. The highest BCUT2D eigenvalue weighted by molar-refractivity contribution is 5.81. The number of carbonyl (C=O) groups excluding carboxylic acids is 1. The van der Waals surface area contributed by atoms with E-state index in [9.17, 15) is 10.1 Å². The Hall–Kier alpha value is -2.06. The van der Waals surface area contributed by atoms with Crippen molar-refractivity contribution in [3.8, 4) is 11.8 Å². The Balaban J connectivity index is 1.82. The summed E-state index contributed by atoms with van der Waals surface area (Å²) in [6.07, 6.45) is 1.64. The average molecular weight is 372 g/mol. The average Bonchev–Trinajstić information content (AvgIpc) is 2.62. The summed E-state index contributed by atoms with van der Waals surface area (Å²) in [5.41, 5.74) is 0.448. The van der Waals surface area contributed by atoms with Crippen LogP contribution in [-0.4, -0.2) is 43.1 Å². The number of nitrogens with one attached hydrogen (secondary N) is 1. The Kier molecular flexibility index (Phi) is 8.12. The maximum absolute atomic E-state index is 12.6. The molecule has 0 saturated carbocycles. The summed E-state index contributed by atoms with van der Waals surface area (Å²) in [5.74, 6) is 1.87. The van der Waals surface area contributed by atoms with Crippen LogP contribution in [0.5, 0.6) is 5.75 Å². The first-order chi connectivity index (χ1) is 12.9. The normalized spacial score (nSPS) is 21.5. The van der Waals surface area contributed by atoms with E-state index in [1.807, 2.05) is 19.9 Å². The molecule has 1 fully saturated rings. The van der Waals surface area contributed by atoms with Crippen molar-refractivity contribution in [1.29, 1.82) is 5.26 Å². The van der Waals surface area contributed by atoms with E-state index in [1.165, 1.54) is 6.42 Å². The van der Waals surface area contributed by atoms with E-state index in [1.54, 1.807) is 18.2 Å². The molecule has 1 saturated heterocycles. The monoisotopic (exact) mass is 371 g/mol. The summed E-state index contributed by atoms with van der Waals surface area (Å²) in [5, 5.41) is 12.2. The third kappa shape index (κ3) is 6.55. The SMILES string of the molecule is CC1CC(C)CN(CCCNC(=O)C(Oc2ccccc2C#N)C(C)C)C1. The smallest absolute Gasteiger partial charge is 0.261 e. The molecule has 148 valence electrons. The summed E-state index contributed by atoms with van der Waals surface area (Å²) < 4.78 is 5.89. The van der Waals surface area contributed by atoms with Crippen molar-refractivity contribution in [3.63, 3.8) is 0 Å². The Morgan fingerprint density at radius 3 is 2.59 bits per heavy atom. The highest BCUT2D eigenvalue weighted by atomic mass is 16.5. The van der Waals surface area contributed by atoms with E-state index in [2.05, 4.69) is 30.1 Å². The maximum Gasteiger partial charge on any atom is 0.261 e. The lowest BCUT2D eigenvalue weighted by Crippen LogP contribution is -2.43. The van der Waals surface area contributed by atoms with Crippen molar-refractivity contribution in [2.24, 2.45) is 17.8 Å². The zero-order valence-electron chi connectivity index (χ0n) is 17.1. The van der Waals surface area contributed by atoms with E-state index >= 15 is 0 Å². The van der Waals surface area contributed by atoms with Crippen LogP contribution in [0.1, 0.15) is 46.1 Å². The van der Waals surface area contributed by atoms with Gasteiger partial charge in [0.15, 0.2) is 6.10 Å². The Labute approximate surface area is 163 Å². The van der Waals surface area contributed by atoms with Crippen molar-refractivity contribution in [3.05, 3.63) is 29.8 Å². The van der Waals surface area contributed by atoms with E-state index in [0.717, 1.165) is 37.9 Å². The fraction of sp³-hybridized carbons (Fsp3) is 0.636. The number of rotatable bonds is 8. The molecule has 3 unspecified atom stereocenters.